The van der Waals surface area contributed by atoms with Crippen LogP contribution in [0.4, 0.5) is 0 Å². The first-order chi connectivity index (χ1) is 6.65. The zero-order valence-electron chi connectivity index (χ0n) is 8.93. The average molecular weight is 215 g/mol. The Hall–Kier alpha value is -1.02. The van der Waals surface area contributed by atoms with Crippen LogP contribution >= 0.6 is 11.6 Å². The largest absolute Gasteiger partial charge is 0.465 e. The summed E-state index contributed by atoms with van der Waals surface area (Å²) in [6.07, 6.45) is 0. The van der Waals surface area contributed by atoms with Crippen molar-refractivity contribution in [1.82, 2.24) is 0 Å². The standard InChI is InChI=1S/C9H9ClO2.C2H6/c1-6-3-4-7(10)5-8(6)9(11)12-2;1-2/h3-5H,1-2H3;1-2H3. The van der Waals surface area contributed by atoms with E-state index in [2.05, 4.69) is 4.74 Å². The highest BCUT2D eigenvalue weighted by Crippen LogP contribution is 2.15. The molecule has 0 aromatic heterocycles. The van der Waals surface area contributed by atoms with Crippen LogP contribution in [-0.2, 0) is 4.74 Å². The van der Waals surface area contributed by atoms with Gasteiger partial charge in [-0.05, 0) is 24.6 Å². The van der Waals surface area contributed by atoms with Gasteiger partial charge in [-0.15, -0.1) is 0 Å². The third kappa shape index (κ3) is 3.38. The zero-order valence-corrected chi connectivity index (χ0v) is 9.68. The lowest BCUT2D eigenvalue weighted by atomic mass is 10.1. The molecule has 0 amide bonds. The van der Waals surface area contributed by atoms with Gasteiger partial charge in [-0.2, -0.15) is 0 Å². The van der Waals surface area contributed by atoms with E-state index < -0.39 is 0 Å². The summed E-state index contributed by atoms with van der Waals surface area (Å²) in [4.78, 5) is 11.1. The van der Waals surface area contributed by atoms with Crippen molar-refractivity contribution >= 4 is 17.6 Å². The number of esters is 1. The molecule has 78 valence electrons. The molecule has 0 unspecified atom stereocenters. The SMILES string of the molecule is CC.COC(=O)c1cc(Cl)ccc1C. The van der Waals surface area contributed by atoms with E-state index in [4.69, 9.17) is 11.6 Å². The van der Waals surface area contributed by atoms with Gasteiger partial charge in [0.1, 0.15) is 0 Å². The molecule has 0 N–H and O–H groups in total. The maximum Gasteiger partial charge on any atom is 0.338 e. The van der Waals surface area contributed by atoms with E-state index in [0.717, 1.165) is 5.56 Å². The van der Waals surface area contributed by atoms with Crippen LogP contribution in [0.25, 0.3) is 0 Å². The molecule has 2 nitrogen and oxygen atoms in total. The van der Waals surface area contributed by atoms with Crippen molar-refractivity contribution in [2.75, 3.05) is 7.11 Å². The Morgan fingerprint density at radius 1 is 1.36 bits per heavy atom. The number of hydrogen-bond acceptors (Lipinski definition) is 2. The number of carbonyl (C=O) groups excluding carboxylic acids is 1. The smallest absolute Gasteiger partial charge is 0.338 e. The number of hydrogen-bond donors (Lipinski definition) is 0. The van der Waals surface area contributed by atoms with Crippen LogP contribution in [-0.4, -0.2) is 13.1 Å². The third-order valence-electron chi connectivity index (χ3n) is 1.60. The maximum absolute atomic E-state index is 11.1. The first kappa shape index (κ1) is 13.0. The van der Waals surface area contributed by atoms with Crippen molar-refractivity contribution in [3.63, 3.8) is 0 Å². The molecule has 1 aromatic rings. The van der Waals surface area contributed by atoms with Gasteiger partial charge in [-0.3, -0.25) is 0 Å². The molecule has 0 heterocycles. The van der Waals surface area contributed by atoms with Gasteiger partial charge in [-0.1, -0.05) is 31.5 Å². The van der Waals surface area contributed by atoms with E-state index in [1.165, 1.54) is 7.11 Å². The predicted molar refractivity (Wildman–Crippen MR) is 58.9 cm³/mol. The fourth-order valence-electron chi connectivity index (χ4n) is 0.924. The number of aryl methyl sites for hydroxylation is 1. The minimum absolute atomic E-state index is 0.352. The monoisotopic (exact) mass is 214 g/mol. The van der Waals surface area contributed by atoms with E-state index in [9.17, 15) is 4.79 Å². The second kappa shape index (κ2) is 6.44. The highest BCUT2D eigenvalue weighted by atomic mass is 35.5. The Kier molecular flexibility index (Phi) is 5.97. The second-order valence-electron chi connectivity index (χ2n) is 2.45. The molecule has 14 heavy (non-hydrogen) atoms. The second-order valence-corrected chi connectivity index (χ2v) is 2.89. The Balaban J connectivity index is 0.000000791. The lowest BCUT2D eigenvalue weighted by molar-refractivity contribution is 0.0600. The number of benzene rings is 1. The van der Waals surface area contributed by atoms with Crippen molar-refractivity contribution in [2.24, 2.45) is 0 Å². The Morgan fingerprint density at radius 2 is 1.93 bits per heavy atom. The fraction of sp³-hybridized carbons (Fsp3) is 0.364. The van der Waals surface area contributed by atoms with Crippen LogP contribution < -0.4 is 0 Å². The lowest BCUT2D eigenvalue weighted by Gasteiger charge is -2.02. The van der Waals surface area contributed by atoms with E-state index in [1.54, 1.807) is 18.2 Å². The summed E-state index contributed by atoms with van der Waals surface area (Å²) in [7, 11) is 1.35. The van der Waals surface area contributed by atoms with E-state index in [-0.39, 0.29) is 5.97 Å². The molecule has 0 spiro atoms. The number of carbonyl (C=O) groups is 1. The van der Waals surface area contributed by atoms with Crippen molar-refractivity contribution in [1.29, 1.82) is 0 Å². The highest BCUT2D eigenvalue weighted by Gasteiger charge is 2.08. The molecular formula is C11H15ClO2. The zero-order chi connectivity index (χ0) is 11.1. The molecule has 0 saturated heterocycles. The summed E-state index contributed by atoms with van der Waals surface area (Å²) in [5.74, 6) is -0.352. The first-order valence-electron chi connectivity index (χ1n) is 4.49. The van der Waals surface area contributed by atoms with Crippen LogP contribution in [0.2, 0.25) is 5.02 Å². The maximum atomic E-state index is 11.1. The summed E-state index contributed by atoms with van der Waals surface area (Å²) >= 11 is 5.71. The molecule has 0 saturated carbocycles. The molecule has 0 aliphatic heterocycles. The Labute approximate surface area is 89.8 Å². The topological polar surface area (TPSA) is 26.3 Å². The summed E-state index contributed by atoms with van der Waals surface area (Å²) in [6, 6.07) is 5.13. The third-order valence-corrected chi connectivity index (χ3v) is 1.84. The lowest BCUT2D eigenvalue weighted by Crippen LogP contribution is -2.03. The molecule has 1 aromatic carbocycles. The molecule has 0 radical (unpaired) electrons. The van der Waals surface area contributed by atoms with E-state index >= 15 is 0 Å². The Morgan fingerprint density at radius 3 is 2.43 bits per heavy atom. The van der Waals surface area contributed by atoms with Crippen molar-refractivity contribution in [3.05, 3.63) is 34.3 Å². The van der Waals surface area contributed by atoms with Crippen LogP contribution in [0.5, 0.6) is 0 Å². The average Bonchev–Trinajstić information content (AvgIpc) is 2.23. The molecule has 0 bridgehead atoms. The molecule has 3 heteroatoms. The summed E-state index contributed by atoms with van der Waals surface area (Å²) in [6.45, 7) is 5.84. The minimum atomic E-state index is -0.352. The number of ether oxygens (including phenoxy) is 1. The normalized spacial score (nSPS) is 8.64. The van der Waals surface area contributed by atoms with Crippen LogP contribution in [0.3, 0.4) is 0 Å². The molecule has 0 aliphatic rings. The van der Waals surface area contributed by atoms with E-state index in [0.29, 0.717) is 10.6 Å². The molecule has 0 atom stereocenters. The number of halogens is 1. The Bertz CT molecular complexity index is 308. The van der Waals surface area contributed by atoms with Gasteiger partial charge in [0.05, 0.1) is 12.7 Å². The summed E-state index contributed by atoms with van der Waals surface area (Å²) < 4.78 is 4.57. The van der Waals surface area contributed by atoms with E-state index in [1.807, 2.05) is 20.8 Å². The van der Waals surface area contributed by atoms with Crippen LogP contribution in [0.1, 0.15) is 29.8 Å². The van der Waals surface area contributed by atoms with Gasteiger partial charge in [0, 0.05) is 5.02 Å². The van der Waals surface area contributed by atoms with Crippen LogP contribution in [0, 0.1) is 6.92 Å². The first-order valence-corrected chi connectivity index (χ1v) is 4.87. The minimum Gasteiger partial charge on any atom is -0.465 e. The quantitative estimate of drug-likeness (QED) is 0.670. The predicted octanol–water partition coefficient (Wildman–Crippen LogP) is 3.46. The van der Waals surface area contributed by atoms with Crippen molar-refractivity contribution in [3.8, 4) is 0 Å². The van der Waals surface area contributed by atoms with Gasteiger partial charge in [0.2, 0.25) is 0 Å². The van der Waals surface area contributed by atoms with Crippen molar-refractivity contribution < 1.29 is 9.53 Å². The number of rotatable bonds is 1. The molecule has 0 aliphatic carbocycles. The van der Waals surface area contributed by atoms with Gasteiger partial charge >= 0.3 is 5.97 Å². The molecule has 1 rings (SSSR count). The summed E-state index contributed by atoms with van der Waals surface area (Å²) in [5.41, 5.74) is 1.39. The highest BCUT2D eigenvalue weighted by molar-refractivity contribution is 6.31. The van der Waals surface area contributed by atoms with Gasteiger partial charge < -0.3 is 4.74 Å². The summed E-state index contributed by atoms with van der Waals surface area (Å²) in [5, 5.41) is 0.543. The van der Waals surface area contributed by atoms with Gasteiger partial charge in [0.15, 0.2) is 0 Å². The van der Waals surface area contributed by atoms with Crippen LogP contribution in [0.15, 0.2) is 18.2 Å². The van der Waals surface area contributed by atoms with Gasteiger partial charge in [0.25, 0.3) is 0 Å². The van der Waals surface area contributed by atoms with Crippen molar-refractivity contribution in [2.45, 2.75) is 20.8 Å². The fourth-order valence-corrected chi connectivity index (χ4v) is 1.10. The number of methoxy groups -OCH3 is 1. The van der Waals surface area contributed by atoms with Gasteiger partial charge in [-0.25, -0.2) is 4.79 Å². The molecular weight excluding hydrogens is 200 g/mol. The molecule has 0 fully saturated rings.